The van der Waals surface area contributed by atoms with E-state index < -0.39 is 23.5 Å². The van der Waals surface area contributed by atoms with Crippen LogP contribution in [0.25, 0.3) is 44.7 Å². The average molecular weight is 1050 g/mol. The number of imidazole rings is 2. The topological polar surface area (TPSA) is 220 Å². The van der Waals surface area contributed by atoms with Crippen LogP contribution >= 0.6 is 0 Å². The smallest absolute Gasteiger partial charge is 0.397 e. The molecule has 3 aliphatic rings. The Hall–Kier alpha value is -6.82. The van der Waals surface area contributed by atoms with Crippen LogP contribution in [0.15, 0.2) is 59.7 Å². The maximum atomic E-state index is 13.4. The number of halogens is 6. The fourth-order valence-electron chi connectivity index (χ4n) is 8.44. The number of aromatic nitrogens is 8. The zero-order valence-electron chi connectivity index (χ0n) is 41.0. The van der Waals surface area contributed by atoms with E-state index in [1.807, 2.05) is 0 Å². The van der Waals surface area contributed by atoms with E-state index >= 15 is 0 Å². The van der Waals surface area contributed by atoms with Crippen molar-refractivity contribution in [1.82, 2.24) is 43.8 Å². The highest BCUT2D eigenvalue weighted by Crippen LogP contribution is 2.35. The Balaban J connectivity index is 0.000000190. The minimum absolute atomic E-state index is 0.127. The van der Waals surface area contributed by atoms with Crippen LogP contribution in [0.3, 0.4) is 0 Å². The summed E-state index contributed by atoms with van der Waals surface area (Å²) in [5.41, 5.74) is 1.34. The van der Waals surface area contributed by atoms with Gasteiger partial charge in [-0.25, -0.2) is 19.9 Å². The van der Waals surface area contributed by atoms with E-state index in [2.05, 4.69) is 52.6 Å². The Morgan fingerprint density at radius 1 is 0.760 bits per heavy atom. The number of hydrogen-bond donors (Lipinski definition) is 5. The van der Waals surface area contributed by atoms with Crippen molar-refractivity contribution >= 4 is 50.9 Å². The largest absolute Gasteiger partial charge is 0.416 e. The van der Waals surface area contributed by atoms with Gasteiger partial charge in [-0.15, -0.1) is 0 Å². The first-order chi connectivity index (χ1) is 36.2. The van der Waals surface area contributed by atoms with Crippen molar-refractivity contribution in [3.8, 4) is 23.2 Å². The van der Waals surface area contributed by atoms with Gasteiger partial charge >= 0.3 is 12.4 Å². The number of nitrogens with zero attached hydrogens (tertiary/aromatic N) is 7. The number of amides is 1. The number of aromatic amines is 2. The number of aliphatic hydroxyl groups is 1. The molecule has 7 aromatic rings. The fraction of sp³-hybridized carbons (Fsp3) is 0.480. The standard InChI is InChI=1S/C26H28F3N5O4.C22H23F3N6O3.C2H6O/c27-26(28,29)18-5-7-21-20(16-18)32-24(30-9-3-13-38-23-4-1-2-12-37-23)25-31-17-19(34(21)25)6-8-22(35)33-10-14-36-15-11-33;23-22(24,25)13-5-6-16-14(10-13)28-20(26-7-3-9-34-19-4-1-2-8-33-19)21-27-12-17(31(16)21)15-11-18(32)30-29-15;1-2-3/h5,7,16-17,23H,1-4,9-15H2,(H,30,32);5-6,10-12,19H,1-4,7-9H2,(H,26,28)(H2,29,30,32);3H,2H2,1H3. The molecule has 0 saturated carbocycles. The molecule has 2 atom stereocenters. The molecule has 2 unspecified atom stereocenters. The van der Waals surface area contributed by atoms with Crippen LogP contribution in [0.2, 0.25) is 0 Å². The van der Waals surface area contributed by atoms with Crippen LogP contribution < -0.4 is 16.2 Å². The van der Waals surface area contributed by atoms with Crippen LogP contribution in [-0.2, 0) is 40.8 Å². The van der Waals surface area contributed by atoms with Gasteiger partial charge in [0.05, 0.1) is 83.4 Å². The monoisotopic (exact) mass is 1050 g/mol. The van der Waals surface area contributed by atoms with Crippen LogP contribution in [0.4, 0.5) is 38.0 Å². The number of alkyl halides is 6. The number of ether oxygens (including phenoxy) is 5. The van der Waals surface area contributed by atoms with Crippen molar-refractivity contribution in [2.24, 2.45) is 0 Å². The van der Waals surface area contributed by atoms with Crippen molar-refractivity contribution in [2.45, 2.75) is 83.2 Å². The fourth-order valence-corrected chi connectivity index (χ4v) is 8.44. The summed E-state index contributed by atoms with van der Waals surface area (Å²) in [4.78, 5) is 43.5. The zero-order valence-corrected chi connectivity index (χ0v) is 41.0. The van der Waals surface area contributed by atoms with E-state index in [1.54, 1.807) is 26.8 Å². The second kappa shape index (κ2) is 25.1. The molecule has 2 aromatic carbocycles. The van der Waals surface area contributed by atoms with Gasteiger partial charge in [0.2, 0.25) is 0 Å². The second-order valence-electron chi connectivity index (χ2n) is 17.5. The Labute approximate surface area is 425 Å². The number of carbonyl (C=O) groups is 1. The predicted molar refractivity (Wildman–Crippen MR) is 264 cm³/mol. The molecule has 25 heteroatoms. The molecule has 19 nitrogen and oxygen atoms in total. The van der Waals surface area contributed by atoms with Gasteiger partial charge in [0.15, 0.2) is 35.5 Å². The lowest BCUT2D eigenvalue weighted by atomic mass is 10.2. The highest BCUT2D eigenvalue weighted by atomic mass is 19.4. The number of carbonyl (C=O) groups excluding carboxylic acids is 1. The number of nitrogens with one attached hydrogen (secondary N) is 4. The van der Waals surface area contributed by atoms with Gasteiger partial charge in [-0.05, 0) is 101 Å². The minimum Gasteiger partial charge on any atom is -0.397 e. The number of benzene rings is 2. The normalized spacial score (nSPS) is 17.3. The average Bonchev–Trinajstić information content (AvgIpc) is 4.17. The summed E-state index contributed by atoms with van der Waals surface area (Å²) in [6.45, 7) is 7.03. The van der Waals surface area contributed by atoms with E-state index in [4.69, 9.17) is 28.8 Å². The summed E-state index contributed by atoms with van der Waals surface area (Å²) < 4.78 is 111. The molecular weight excluding hydrogens is 997 g/mol. The van der Waals surface area contributed by atoms with E-state index in [-0.39, 0.29) is 41.7 Å². The lowest BCUT2D eigenvalue weighted by molar-refractivity contribution is -0.162. The molecule has 0 aliphatic carbocycles. The number of hydrogen-bond acceptors (Lipinski definition) is 14. The van der Waals surface area contributed by atoms with Crippen molar-refractivity contribution < 1.29 is 59.9 Å². The first-order valence-electron chi connectivity index (χ1n) is 24.7. The van der Waals surface area contributed by atoms with Gasteiger partial charge in [-0.2, -0.15) is 26.3 Å². The summed E-state index contributed by atoms with van der Waals surface area (Å²) in [7, 11) is 0. The molecule has 1 amide bonds. The molecule has 5 aromatic heterocycles. The number of fused-ring (bicyclic) bond motifs is 6. The lowest BCUT2D eigenvalue weighted by Gasteiger charge is -2.24. The van der Waals surface area contributed by atoms with Crippen LogP contribution in [0, 0.1) is 11.8 Å². The van der Waals surface area contributed by atoms with Crippen molar-refractivity contribution in [2.75, 3.05) is 83.1 Å². The van der Waals surface area contributed by atoms with Crippen molar-refractivity contribution in [3.63, 3.8) is 0 Å². The number of anilines is 2. The van der Waals surface area contributed by atoms with Gasteiger partial charge in [0.1, 0.15) is 5.69 Å². The molecule has 3 fully saturated rings. The Kier molecular flexibility index (Phi) is 18.3. The second-order valence-corrected chi connectivity index (χ2v) is 17.5. The first kappa shape index (κ1) is 54.4. The summed E-state index contributed by atoms with van der Waals surface area (Å²) in [6, 6.07) is 8.07. The minimum atomic E-state index is -4.51. The van der Waals surface area contributed by atoms with Gasteiger partial charge in [-0.3, -0.25) is 28.6 Å². The van der Waals surface area contributed by atoms with E-state index in [1.165, 1.54) is 24.4 Å². The van der Waals surface area contributed by atoms with Crippen LogP contribution in [-0.4, -0.2) is 140 Å². The summed E-state index contributed by atoms with van der Waals surface area (Å²) in [6.07, 6.45) is 0.910. The van der Waals surface area contributed by atoms with Crippen molar-refractivity contribution in [1.29, 1.82) is 0 Å². The van der Waals surface area contributed by atoms with Gasteiger partial charge in [-0.1, -0.05) is 0 Å². The van der Waals surface area contributed by atoms with Gasteiger partial charge in [0.25, 0.3) is 11.5 Å². The number of H-pyrrole nitrogens is 2. The molecule has 5 N–H and O–H groups in total. The molecular formula is C50H57F6N11O8. The van der Waals surface area contributed by atoms with Crippen LogP contribution in [0.1, 0.15) is 75.1 Å². The summed E-state index contributed by atoms with van der Waals surface area (Å²) in [5.74, 6) is 5.79. The molecule has 0 radical (unpaired) electrons. The molecule has 0 bridgehead atoms. The third kappa shape index (κ3) is 13.9. The third-order valence-corrected chi connectivity index (χ3v) is 12.1. The first-order valence-corrected chi connectivity index (χ1v) is 24.7. The van der Waals surface area contributed by atoms with E-state index in [0.29, 0.717) is 130 Å². The van der Waals surface area contributed by atoms with E-state index in [0.717, 1.165) is 62.8 Å². The molecule has 402 valence electrons. The summed E-state index contributed by atoms with van der Waals surface area (Å²) >= 11 is 0. The van der Waals surface area contributed by atoms with Crippen LogP contribution in [0.5, 0.6) is 0 Å². The Morgan fingerprint density at radius 2 is 1.29 bits per heavy atom. The predicted octanol–water partition coefficient (Wildman–Crippen LogP) is 7.39. The number of aliphatic hydroxyl groups excluding tert-OH is 1. The number of rotatable bonds is 13. The lowest BCUT2D eigenvalue weighted by Crippen LogP contribution is -2.40. The third-order valence-electron chi connectivity index (χ3n) is 12.1. The maximum Gasteiger partial charge on any atom is 0.416 e. The molecule has 75 heavy (non-hydrogen) atoms. The van der Waals surface area contributed by atoms with Gasteiger partial charge in [0, 0.05) is 58.0 Å². The van der Waals surface area contributed by atoms with Gasteiger partial charge < -0.3 is 44.3 Å². The Morgan fingerprint density at radius 3 is 1.80 bits per heavy atom. The molecule has 3 saturated heterocycles. The highest BCUT2D eigenvalue weighted by Gasteiger charge is 2.32. The SMILES string of the molecule is CCO.O=C(C#Cc1cnc2c(NCCCOC3CCCCO3)nc3cc(C(F)(F)F)ccc3n12)N1CCOCC1.O=c1cc(-c2cnc3c(NCCCOC4CCCCO4)nc4cc(C(F)(F)F)ccc4n23)[nH][nH]1. The Bertz CT molecular complexity index is 3140. The summed E-state index contributed by atoms with van der Waals surface area (Å²) in [5, 5.41) is 19.1. The van der Waals surface area contributed by atoms with Crippen molar-refractivity contribution in [3.05, 3.63) is 82.0 Å². The molecule has 10 rings (SSSR count). The molecule has 3 aliphatic heterocycles. The molecule has 8 heterocycles. The van der Waals surface area contributed by atoms with E-state index in [9.17, 15) is 35.9 Å². The highest BCUT2D eigenvalue weighted by molar-refractivity contribution is 5.94. The molecule has 0 spiro atoms. The zero-order chi connectivity index (χ0) is 53.0. The number of morpholine rings is 1. The maximum absolute atomic E-state index is 13.4. The quantitative estimate of drug-likeness (QED) is 0.0432.